The number of nitrogens with one attached hydrogen (secondary N) is 2. The van der Waals surface area contributed by atoms with Crippen molar-refractivity contribution in [2.75, 3.05) is 44.2 Å². The van der Waals surface area contributed by atoms with Crippen LogP contribution < -0.4 is 10.6 Å². The Morgan fingerprint density at radius 1 is 1.24 bits per heavy atom. The second-order valence-corrected chi connectivity index (χ2v) is 9.34. The van der Waals surface area contributed by atoms with E-state index < -0.39 is 9.84 Å². The minimum absolute atomic E-state index is 0.0838. The van der Waals surface area contributed by atoms with Crippen LogP contribution in [0.25, 0.3) is 0 Å². The Bertz CT molecular complexity index is 406. The molecule has 21 heavy (non-hydrogen) atoms. The van der Waals surface area contributed by atoms with Crippen LogP contribution in [0.2, 0.25) is 0 Å². The van der Waals surface area contributed by atoms with Crippen molar-refractivity contribution in [2.24, 2.45) is 10.4 Å². The van der Waals surface area contributed by atoms with Crippen molar-refractivity contribution < 1.29 is 8.42 Å². The van der Waals surface area contributed by atoms with E-state index >= 15 is 0 Å². The van der Waals surface area contributed by atoms with Gasteiger partial charge in [-0.3, -0.25) is 4.99 Å². The third kappa shape index (κ3) is 13.0. The smallest absolute Gasteiger partial charge is 0.190 e. The zero-order valence-electron chi connectivity index (χ0n) is 14.0. The molecule has 0 fully saturated rings. The SMILES string of the molecule is CN=C(NCCCCSC)NCC(C)(C)CCS(C)(=O)=O. The first-order valence-electron chi connectivity index (χ1n) is 7.31. The molecule has 7 heteroatoms. The maximum absolute atomic E-state index is 11.2. The topological polar surface area (TPSA) is 70.6 Å². The molecule has 0 aliphatic carbocycles. The maximum Gasteiger partial charge on any atom is 0.190 e. The highest BCUT2D eigenvalue weighted by Gasteiger charge is 2.20. The number of nitrogens with zero attached hydrogens (tertiary/aromatic N) is 1. The number of thioether (sulfide) groups is 1. The van der Waals surface area contributed by atoms with Crippen LogP contribution in [-0.4, -0.2) is 58.5 Å². The molecule has 0 aromatic heterocycles. The van der Waals surface area contributed by atoms with Gasteiger partial charge in [-0.2, -0.15) is 11.8 Å². The fourth-order valence-electron chi connectivity index (χ4n) is 1.67. The monoisotopic (exact) mass is 337 g/mol. The van der Waals surface area contributed by atoms with Gasteiger partial charge in [0.1, 0.15) is 9.84 Å². The molecular formula is C14H31N3O2S2. The van der Waals surface area contributed by atoms with E-state index in [-0.39, 0.29) is 11.2 Å². The van der Waals surface area contributed by atoms with E-state index in [1.165, 1.54) is 18.4 Å². The molecule has 0 saturated heterocycles. The highest BCUT2D eigenvalue weighted by molar-refractivity contribution is 7.98. The van der Waals surface area contributed by atoms with Crippen LogP contribution in [0.15, 0.2) is 4.99 Å². The first-order valence-corrected chi connectivity index (χ1v) is 10.8. The standard InChI is InChI=1S/C14H31N3O2S2/c1-14(2,8-11-21(5,18)19)12-17-13(15-3)16-9-6-7-10-20-4/h6-12H2,1-5H3,(H2,15,16,17). The molecule has 0 aliphatic heterocycles. The van der Waals surface area contributed by atoms with Crippen LogP contribution in [-0.2, 0) is 9.84 Å². The number of aliphatic imine (C=N–C) groups is 1. The summed E-state index contributed by atoms with van der Waals surface area (Å²) in [5.41, 5.74) is -0.0838. The van der Waals surface area contributed by atoms with Gasteiger partial charge >= 0.3 is 0 Å². The molecule has 0 bridgehead atoms. The molecule has 0 heterocycles. The average molecular weight is 338 g/mol. The van der Waals surface area contributed by atoms with Gasteiger partial charge in [0, 0.05) is 26.4 Å². The third-order valence-corrected chi connectivity index (χ3v) is 4.82. The van der Waals surface area contributed by atoms with Crippen LogP contribution in [0.1, 0.15) is 33.1 Å². The van der Waals surface area contributed by atoms with Crippen molar-refractivity contribution in [1.29, 1.82) is 0 Å². The van der Waals surface area contributed by atoms with Crippen LogP contribution in [0.4, 0.5) is 0 Å². The number of guanidine groups is 1. The number of sulfone groups is 1. The lowest BCUT2D eigenvalue weighted by molar-refractivity contribution is 0.348. The molecule has 2 N–H and O–H groups in total. The number of rotatable bonds is 10. The van der Waals surface area contributed by atoms with Crippen molar-refractivity contribution in [3.05, 3.63) is 0 Å². The van der Waals surface area contributed by atoms with E-state index in [0.29, 0.717) is 13.0 Å². The second-order valence-electron chi connectivity index (χ2n) is 6.10. The minimum Gasteiger partial charge on any atom is -0.356 e. The Hall–Kier alpha value is -0.430. The fraction of sp³-hybridized carbons (Fsp3) is 0.929. The zero-order valence-corrected chi connectivity index (χ0v) is 15.7. The molecule has 0 atom stereocenters. The number of unbranched alkanes of at least 4 members (excludes halogenated alkanes) is 1. The quantitative estimate of drug-likeness (QED) is 0.361. The van der Waals surface area contributed by atoms with Gasteiger partial charge in [-0.25, -0.2) is 8.42 Å². The zero-order chi connectivity index (χ0) is 16.4. The summed E-state index contributed by atoms with van der Waals surface area (Å²) in [7, 11) is -1.15. The molecule has 5 nitrogen and oxygen atoms in total. The summed E-state index contributed by atoms with van der Waals surface area (Å²) in [5, 5.41) is 6.56. The van der Waals surface area contributed by atoms with Crippen LogP contribution in [0.3, 0.4) is 0 Å². The third-order valence-electron chi connectivity index (χ3n) is 3.18. The van der Waals surface area contributed by atoms with E-state index in [4.69, 9.17) is 0 Å². The van der Waals surface area contributed by atoms with Crippen molar-refractivity contribution in [3.8, 4) is 0 Å². The van der Waals surface area contributed by atoms with Crippen molar-refractivity contribution in [3.63, 3.8) is 0 Å². The number of hydrogen-bond acceptors (Lipinski definition) is 4. The molecule has 0 radical (unpaired) electrons. The molecule has 0 unspecified atom stereocenters. The van der Waals surface area contributed by atoms with Crippen LogP contribution in [0.5, 0.6) is 0 Å². The van der Waals surface area contributed by atoms with Gasteiger partial charge in [0.05, 0.1) is 5.75 Å². The Kier molecular flexibility index (Phi) is 10.1. The van der Waals surface area contributed by atoms with E-state index in [9.17, 15) is 8.42 Å². The lowest BCUT2D eigenvalue weighted by Crippen LogP contribution is -2.42. The average Bonchev–Trinajstić information content (AvgIpc) is 2.39. The van der Waals surface area contributed by atoms with E-state index in [0.717, 1.165) is 18.9 Å². The molecule has 0 saturated carbocycles. The summed E-state index contributed by atoms with van der Waals surface area (Å²) in [6, 6.07) is 0. The van der Waals surface area contributed by atoms with Crippen molar-refractivity contribution in [2.45, 2.75) is 33.1 Å². The van der Waals surface area contributed by atoms with Gasteiger partial charge in [0.15, 0.2) is 5.96 Å². The van der Waals surface area contributed by atoms with E-state index in [1.54, 1.807) is 7.05 Å². The van der Waals surface area contributed by atoms with Gasteiger partial charge in [0.25, 0.3) is 0 Å². The lowest BCUT2D eigenvalue weighted by Gasteiger charge is -2.25. The Labute approximate surface area is 134 Å². The molecular weight excluding hydrogens is 306 g/mol. The van der Waals surface area contributed by atoms with Crippen molar-refractivity contribution >= 4 is 27.6 Å². The molecule has 0 spiro atoms. The summed E-state index contributed by atoms with van der Waals surface area (Å²) >= 11 is 1.86. The molecule has 0 aliphatic rings. The highest BCUT2D eigenvalue weighted by Crippen LogP contribution is 2.19. The first-order chi connectivity index (χ1) is 9.70. The van der Waals surface area contributed by atoms with Gasteiger partial charge in [-0.15, -0.1) is 0 Å². The van der Waals surface area contributed by atoms with Crippen LogP contribution in [0, 0.1) is 5.41 Å². The Morgan fingerprint density at radius 2 is 1.90 bits per heavy atom. The van der Waals surface area contributed by atoms with Gasteiger partial charge < -0.3 is 10.6 Å². The van der Waals surface area contributed by atoms with Gasteiger partial charge in [0.2, 0.25) is 0 Å². The molecule has 0 amide bonds. The minimum atomic E-state index is -2.90. The maximum atomic E-state index is 11.2. The summed E-state index contributed by atoms with van der Waals surface area (Å²) < 4.78 is 22.5. The van der Waals surface area contributed by atoms with Gasteiger partial charge in [-0.1, -0.05) is 13.8 Å². The summed E-state index contributed by atoms with van der Waals surface area (Å²) in [4.78, 5) is 4.19. The number of hydrogen-bond donors (Lipinski definition) is 2. The molecule has 0 aromatic rings. The predicted octanol–water partition coefficient (Wildman–Crippen LogP) is 1.76. The Balaban J connectivity index is 4.03. The summed E-state index contributed by atoms with van der Waals surface area (Å²) in [5.74, 6) is 2.20. The van der Waals surface area contributed by atoms with Crippen molar-refractivity contribution in [1.82, 2.24) is 10.6 Å². The molecule has 0 aromatic carbocycles. The highest BCUT2D eigenvalue weighted by atomic mass is 32.2. The first kappa shape index (κ1) is 20.6. The molecule has 126 valence electrons. The normalized spacial score (nSPS) is 13.3. The van der Waals surface area contributed by atoms with Crippen LogP contribution >= 0.6 is 11.8 Å². The fourth-order valence-corrected chi connectivity index (χ4v) is 3.09. The predicted molar refractivity (Wildman–Crippen MR) is 95.1 cm³/mol. The largest absolute Gasteiger partial charge is 0.356 e. The summed E-state index contributed by atoms with van der Waals surface area (Å²) in [6.07, 6.45) is 6.37. The van der Waals surface area contributed by atoms with E-state index in [1.807, 2.05) is 11.8 Å². The van der Waals surface area contributed by atoms with Gasteiger partial charge in [-0.05, 0) is 36.7 Å². The van der Waals surface area contributed by atoms with E-state index in [2.05, 4.69) is 35.7 Å². The lowest BCUT2D eigenvalue weighted by atomic mass is 9.90. The molecule has 0 rings (SSSR count). The second kappa shape index (κ2) is 10.3. The summed E-state index contributed by atoms with van der Waals surface area (Å²) in [6.45, 7) is 5.74. The Morgan fingerprint density at radius 3 is 2.43 bits per heavy atom.